The first-order valence-corrected chi connectivity index (χ1v) is 5.44. The van der Waals surface area contributed by atoms with Gasteiger partial charge in [-0.15, -0.1) is 0 Å². The van der Waals surface area contributed by atoms with E-state index < -0.39 is 0 Å². The molecule has 0 radical (unpaired) electrons. The highest BCUT2D eigenvalue weighted by Crippen LogP contribution is 2.21. The summed E-state index contributed by atoms with van der Waals surface area (Å²) in [6, 6.07) is 10.9. The molecule has 0 saturated heterocycles. The third kappa shape index (κ3) is 2.55. The summed E-state index contributed by atoms with van der Waals surface area (Å²) >= 11 is 0. The number of carbonyl (C=O) groups excluding carboxylic acids is 1. The van der Waals surface area contributed by atoms with E-state index in [9.17, 15) is 4.79 Å². The lowest BCUT2D eigenvalue weighted by molar-refractivity contribution is 0.111. The van der Waals surface area contributed by atoms with Gasteiger partial charge in [0.2, 0.25) is 0 Å². The zero-order valence-electron chi connectivity index (χ0n) is 9.76. The molecule has 0 aliphatic carbocycles. The van der Waals surface area contributed by atoms with Gasteiger partial charge in [0.25, 0.3) is 0 Å². The van der Waals surface area contributed by atoms with Gasteiger partial charge in [-0.1, -0.05) is 30.9 Å². The lowest BCUT2D eigenvalue weighted by Gasteiger charge is -2.09. The van der Waals surface area contributed by atoms with Crippen LogP contribution >= 0.6 is 0 Å². The fourth-order valence-corrected chi connectivity index (χ4v) is 1.63. The van der Waals surface area contributed by atoms with Crippen LogP contribution in [-0.2, 0) is 0 Å². The number of nitrogen functional groups attached to an aromatic ring is 1. The largest absolute Gasteiger partial charge is 0.399 e. The fourth-order valence-electron chi connectivity index (χ4n) is 1.63. The highest BCUT2D eigenvalue weighted by molar-refractivity contribution is 5.77. The Bertz CT molecular complexity index is 593. The Balaban J connectivity index is 2.36. The quantitative estimate of drug-likeness (QED) is 0.805. The first-order valence-electron chi connectivity index (χ1n) is 5.44. The van der Waals surface area contributed by atoms with E-state index in [0.29, 0.717) is 23.5 Å². The summed E-state index contributed by atoms with van der Waals surface area (Å²) in [7, 11) is 0. The van der Waals surface area contributed by atoms with Gasteiger partial charge in [-0.2, -0.15) is 0 Å². The average molecular weight is 239 g/mol. The van der Waals surface area contributed by atoms with Crippen molar-refractivity contribution in [3.63, 3.8) is 0 Å². The van der Waals surface area contributed by atoms with Gasteiger partial charge in [0, 0.05) is 17.4 Å². The first kappa shape index (κ1) is 11.9. The maximum Gasteiger partial charge on any atom is 0.168 e. The smallest absolute Gasteiger partial charge is 0.168 e. The number of hydrogen-bond donors (Lipinski definition) is 2. The second kappa shape index (κ2) is 5.14. The Morgan fingerprint density at radius 3 is 2.78 bits per heavy atom. The highest BCUT2D eigenvalue weighted by Gasteiger charge is 2.03. The Morgan fingerprint density at radius 1 is 1.28 bits per heavy atom. The fraction of sp³-hybridized carbons (Fsp3) is 0. The van der Waals surface area contributed by atoms with Gasteiger partial charge in [-0.3, -0.25) is 4.79 Å². The highest BCUT2D eigenvalue weighted by atomic mass is 16.1. The van der Waals surface area contributed by atoms with Gasteiger partial charge < -0.3 is 11.1 Å². The number of rotatable bonds is 4. The predicted octanol–water partition coefficient (Wildman–Crippen LogP) is 2.86. The minimum atomic E-state index is 0.300. The number of nitrogens with zero attached hydrogens (tertiary/aromatic N) is 1. The van der Waals surface area contributed by atoms with Crippen molar-refractivity contribution in [1.82, 2.24) is 4.98 Å². The monoisotopic (exact) mass is 239 g/mol. The molecule has 2 aromatic rings. The molecule has 1 aromatic carbocycles. The Labute approximate surface area is 105 Å². The van der Waals surface area contributed by atoms with Crippen LogP contribution in [0.15, 0.2) is 43.0 Å². The van der Waals surface area contributed by atoms with Gasteiger partial charge in [-0.25, -0.2) is 4.98 Å². The van der Waals surface area contributed by atoms with E-state index in [1.54, 1.807) is 12.1 Å². The van der Waals surface area contributed by atoms with Crippen LogP contribution in [0.5, 0.6) is 0 Å². The normalized spacial score (nSPS) is 9.78. The number of nitrogens with two attached hydrogens (primary N) is 1. The molecule has 0 aliphatic rings. The van der Waals surface area contributed by atoms with Crippen molar-refractivity contribution in [2.24, 2.45) is 0 Å². The van der Waals surface area contributed by atoms with Crippen LogP contribution in [0.25, 0.3) is 6.08 Å². The summed E-state index contributed by atoms with van der Waals surface area (Å²) in [5, 5.41) is 3.12. The zero-order valence-corrected chi connectivity index (χ0v) is 9.76. The predicted molar refractivity (Wildman–Crippen MR) is 73.9 cm³/mol. The SMILES string of the molecule is C=Cc1ccccc1Nc1cc(N)cc(C=O)n1. The molecule has 0 bridgehead atoms. The average Bonchev–Trinajstić information content (AvgIpc) is 2.38. The maximum absolute atomic E-state index is 10.7. The number of hydrogen-bond acceptors (Lipinski definition) is 4. The lowest BCUT2D eigenvalue weighted by atomic mass is 10.2. The van der Waals surface area contributed by atoms with Crippen molar-refractivity contribution in [2.75, 3.05) is 11.1 Å². The number of pyridine rings is 1. The Morgan fingerprint density at radius 2 is 2.06 bits per heavy atom. The molecule has 0 aliphatic heterocycles. The van der Waals surface area contributed by atoms with Crippen LogP contribution in [0.4, 0.5) is 17.2 Å². The standard InChI is InChI=1S/C14H13N3O/c1-2-10-5-3-4-6-13(10)17-14-8-11(15)7-12(9-18)16-14/h2-9H,1H2,(H3,15,16,17). The van der Waals surface area contributed by atoms with Crippen LogP contribution < -0.4 is 11.1 Å². The second-order valence-electron chi connectivity index (χ2n) is 3.74. The maximum atomic E-state index is 10.7. The van der Waals surface area contributed by atoms with Crippen molar-refractivity contribution < 1.29 is 4.79 Å². The molecule has 4 nitrogen and oxygen atoms in total. The molecular weight excluding hydrogens is 226 g/mol. The molecule has 3 N–H and O–H groups in total. The summed E-state index contributed by atoms with van der Waals surface area (Å²) < 4.78 is 0. The summed E-state index contributed by atoms with van der Waals surface area (Å²) in [6.07, 6.45) is 2.41. The van der Waals surface area contributed by atoms with E-state index in [2.05, 4.69) is 16.9 Å². The molecule has 0 unspecified atom stereocenters. The van der Waals surface area contributed by atoms with Gasteiger partial charge in [0.05, 0.1) is 0 Å². The summed E-state index contributed by atoms with van der Waals surface area (Å²) in [5.74, 6) is 0.534. The number of benzene rings is 1. The second-order valence-corrected chi connectivity index (χ2v) is 3.74. The van der Waals surface area contributed by atoms with Gasteiger partial charge in [0.1, 0.15) is 11.5 Å². The molecule has 2 rings (SSSR count). The molecule has 0 saturated carbocycles. The van der Waals surface area contributed by atoms with Crippen LogP contribution in [0.1, 0.15) is 16.1 Å². The number of nitrogens with one attached hydrogen (secondary N) is 1. The van der Waals surface area contributed by atoms with E-state index in [0.717, 1.165) is 11.3 Å². The molecule has 1 heterocycles. The third-order valence-electron chi connectivity index (χ3n) is 2.43. The van der Waals surface area contributed by atoms with Crippen molar-refractivity contribution in [2.45, 2.75) is 0 Å². The molecule has 18 heavy (non-hydrogen) atoms. The molecule has 1 aromatic heterocycles. The van der Waals surface area contributed by atoms with Crippen LogP contribution in [0.2, 0.25) is 0 Å². The molecule has 0 fully saturated rings. The molecule has 0 spiro atoms. The van der Waals surface area contributed by atoms with E-state index in [1.165, 1.54) is 6.07 Å². The van der Waals surface area contributed by atoms with Gasteiger partial charge in [-0.05, 0) is 17.7 Å². The van der Waals surface area contributed by atoms with Gasteiger partial charge in [0.15, 0.2) is 6.29 Å². The first-order chi connectivity index (χ1) is 8.72. The molecule has 90 valence electrons. The molecule has 0 amide bonds. The Kier molecular flexibility index (Phi) is 3.38. The van der Waals surface area contributed by atoms with Crippen molar-refractivity contribution in [3.05, 3.63) is 54.2 Å². The Hall–Kier alpha value is -2.62. The van der Waals surface area contributed by atoms with E-state index in [1.807, 2.05) is 24.3 Å². The third-order valence-corrected chi connectivity index (χ3v) is 2.43. The summed E-state index contributed by atoms with van der Waals surface area (Å²) in [4.78, 5) is 14.9. The van der Waals surface area contributed by atoms with Gasteiger partial charge >= 0.3 is 0 Å². The summed E-state index contributed by atoms with van der Waals surface area (Å²) in [6.45, 7) is 3.74. The minimum Gasteiger partial charge on any atom is -0.399 e. The number of aromatic nitrogens is 1. The number of aldehydes is 1. The summed E-state index contributed by atoms with van der Waals surface area (Å²) in [5.41, 5.74) is 8.31. The van der Waals surface area contributed by atoms with E-state index in [-0.39, 0.29) is 0 Å². The molecule has 0 atom stereocenters. The molecular formula is C14H13N3O. The number of para-hydroxylation sites is 1. The number of carbonyl (C=O) groups is 1. The number of anilines is 3. The minimum absolute atomic E-state index is 0.300. The van der Waals surface area contributed by atoms with E-state index in [4.69, 9.17) is 5.73 Å². The van der Waals surface area contributed by atoms with Crippen molar-refractivity contribution in [3.8, 4) is 0 Å². The van der Waals surface area contributed by atoms with Crippen molar-refractivity contribution in [1.29, 1.82) is 0 Å². The van der Waals surface area contributed by atoms with E-state index >= 15 is 0 Å². The van der Waals surface area contributed by atoms with Crippen molar-refractivity contribution >= 4 is 29.6 Å². The van der Waals surface area contributed by atoms with Crippen LogP contribution in [0, 0.1) is 0 Å². The lowest BCUT2D eigenvalue weighted by Crippen LogP contribution is -2.00. The van der Waals surface area contributed by atoms with Crippen LogP contribution in [0.3, 0.4) is 0 Å². The zero-order chi connectivity index (χ0) is 13.0. The molecule has 4 heteroatoms. The topological polar surface area (TPSA) is 68.0 Å². The van der Waals surface area contributed by atoms with Crippen LogP contribution in [-0.4, -0.2) is 11.3 Å².